The molecular weight excluding hydrogens is 258 g/mol. The van der Waals surface area contributed by atoms with Gasteiger partial charge in [0.15, 0.2) is 5.69 Å². The molecule has 0 bridgehead atoms. The summed E-state index contributed by atoms with van der Waals surface area (Å²) in [5.41, 5.74) is 6.54. The average molecular weight is 275 g/mol. The van der Waals surface area contributed by atoms with Crippen molar-refractivity contribution in [2.24, 2.45) is 5.73 Å². The number of methoxy groups -OCH3 is 1. The van der Waals surface area contributed by atoms with Crippen molar-refractivity contribution >= 4 is 11.6 Å². The largest absolute Gasteiger partial charge is 0.497 e. The molecule has 0 fully saturated rings. The van der Waals surface area contributed by atoms with E-state index in [-0.39, 0.29) is 11.6 Å². The molecule has 0 saturated carbocycles. The van der Waals surface area contributed by atoms with Crippen LogP contribution in [-0.4, -0.2) is 41.5 Å². The van der Waals surface area contributed by atoms with Crippen LogP contribution in [0.2, 0.25) is 0 Å². The number of ether oxygens (including phenoxy) is 1. The summed E-state index contributed by atoms with van der Waals surface area (Å²) in [5, 5.41) is 9.92. The molecule has 0 spiro atoms. The fraction of sp³-hybridized carbons (Fsp3) is 0.308. The number of aromatic amines is 1. The Balaban J connectivity index is 2.28. The summed E-state index contributed by atoms with van der Waals surface area (Å²) in [6.07, 6.45) is 2.10. The lowest BCUT2D eigenvalue weighted by Gasteiger charge is -2.22. The summed E-state index contributed by atoms with van der Waals surface area (Å²) < 4.78 is 5.18. The van der Waals surface area contributed by atoms with E-state index in [1.807, 2.05) is 18.2 Å². The second-order valence-electron chi connectivity index (χ2n) is 4.16. The molecule has 1 aromatic carbocycles. The lowest BCUT2D eigenvalue weighted by Crippen LogP contribution is -2.33. The third-order valence-corrected chi connectivity index (χ3v) is 2.83. The molecule has 1 amide bonds. The van der Waals surface area contributed by atoms with Gasteiger partial charge in [-0.1, -0.05) is 6.07 Å². The van der Waals surface area contributed by atoms with Crippen LogP contribution in [0.15, 0.2) is 30.5 Å². The van der Waals surface area contributed by atoms with Crippen LogP contribution in [0.3, 0.4) is 0 Å². The maximum absolute atomic E-state index is 12.4. The minimum Gasteiger partial charge on any atom is -0.497 e. The smallest absolute Gasteiger partial charge is 0.280 e. The zero-order chi connectivity index (χ0) is 14.4. The molecule has 2 aromatic rings. The predicted molar refractivity (Wildman–Crippen MR) is 74.7 cm³/mol. The minimum atomic E-state index is -0.222. The highest BCUT2D eigenvalue weighted by Gasteiger charge is 2.19. The highest BCUT2D eigenvalue weighted by Crippen LogP contribution is 2.22. The second-order valence-corrected chi connectivity index (χ2v) is 4.16. The SMILES string of the molecule is COc1cccc(N(CCCN)C(=O)c2cn[nH]n2)c1. The average Bonchev–Trinajstić information content (AvgIpc) is 3.02. The first-order chi connectivity index (χ1) is 9.76. The third-order valence-electron chi connectivity index (χ3n) is 2.83. The minimum absolute atomic E-state index is 0.222. The first kappa shape index (κ1) is 14.0. The monoisotopic (exact) mass is 275 g/mol. The Morgan fingerprint density at radius 2 is 2.35 bits per heavy atom. The van der Waals surface area contributed by atoms with Gasteiger partial charge in [0.1, 0.15) is 5.75 Å². The van der Waals surface area contributed by atoms with Crippen LogP contribution >= 0.6 is 0 Å². The molecule has 0 radical (unpaired) electrons. The van der Waals surface area contributed by atoms with Crippen molar-refractivity contribution < 1.29 is 9.53 Å². The number of amides is 1. The van der Waals surface area contributed by atoms with Crippen molar-refractivity contribution in [2.45, 2.75) is 6.42 Å². The zero-order valence-electron chi connectivity index (χ0n) is 11.2. The number of hydrogen-bond donors (Lipinski definition) is 2. The number of hydrogen-bond acceptors (Lipinski definition) is 5. The zero-order valence-corrected chi connectivity index (χ0v) is 11.2. The number of nitrogens with two attached hydrogens (primary N) is 1. The first-order valence-corrected chi connectivity index (χ1v) is 6.28. The number of rotatable bonds is 6. The molecular formula is C13H17N5O2. The molecule has 0 atom stereocenters. The molecule has 0 unspecified atom stereocenters. The lowest BCUT2D eigenvalue weighted by molar-refractivity contribution is 0.0982. The lowest BCUT2D eigenvalue weighted by atomic mass is 10.2. The van der Waals surface area contributed by atoms with E-state index >= 15 is 0 Å². The van der Waals surface area contributed by atoms with Gasteiger partial charge in [0.2, 0.25) is 0 Å². The van der Waals surface area contributed by atoms with E-state index in [2.05, 4.69) is 15.4 Å². The van der Waals surface area contributed by atoms with Gasteiger partial charge >= 0.3 is 0 Å². The van der Waals surface area contributed by atoms with Crippen molar-refractivity contribution in [3.05, 3.63) is 36.2 Å². The van der Waals surface area contributed by atoms with E-state index < -0.39 is 0 Å². The van der Waals surface area contributed by atoms with Gasteiger partial charge in [0.05, 0.1) is 13.3 Å². The summed E-state index contributed by atoms with van der Waals surface area (Å²) in [5.74, 6) is 0.466. The van der Waals surface area contributed by atoms with Crippen LogP contribution in [0, 0.1) is 0 Å². The van der Waals surface area contributed by atoms with Crippen molar-refractivity contribution in [1.29, 1.82) is 0 Å². The quantitative estimate of drug-likeness (QED) is 0.813. The Morgan fingerprint density at radius 3 is 3.00 bits per heavy atom. The van der Waals surface area contributed by atoms with Crippen LogP contribution in [0.4, 0.5) is 5.69 Å². The number of nitrogens with zero attached hydrogens (tertiary/aromatic N) is 3. The highest BCUT2D eigenvalue weighted by molar-refractivity contribution is 6.04. The topological polar surface area (TPSA) is 97.1 Å². The number of anilines is 1. The Kier molecular flexibility index (Phi) is 4.67. The van der Waals surface area contributed by atoms with Gasteiger partial charge in [-0.05, 0) is 25.1 Å². The number of carbonyl (C=O) groups excluding carboxylic acids is 1. The van der Waals surface area contributed by atoms with Crippen molar-refractivity contribution in [3.63, 3.8) is 0 Å². The van der Waals surface area contributed by atoms with Crippen LogP contribution < -0.4 is 15.4 Å². The maximum Gasteiger partial charge on any atom is 0.280 e. The van der Waals surface area contributed by atoms with Crippen molar-refractivity contribution in [2.75, 3.05) is 25.1 Å². The van der Waals surface area contributed by atoms with Gasteiger partial charge < -0.3 is 15.4 Å². The Labute approximate surface area is 116 Å². The summed E-state index contributed by atoms with van der Waals surface area (Å²) in [7, 11) is 1.59. The normalized spacial score (nSPS) is 10.3. The number of carbonyl (C=O) groups is 1. The van der Waals surface area contributed by atoms with Crippen LogP contribution in [0.5, 0.6) is 5.75 Å². The molecule has 0 saturated heterocycles. The van der Waals surface area contributed by atoms with Crippen molar-refractivity contribution in [3.8, 4) is 5.75 Å². The van der Waals surface area contributed by atoms with Crippen molar-refractivity contribution in [1.82, 2.24) is 15.4 Å². The highest BCUT2D eigenvalue weighted by atomic mass is 16.5. The summed E-state index contributed by atoms with van der Waals surface area (Å²) >= 11 is 0. The Hall–Kier alpha value is -2.41. The standard InChI is InChI=1S/C13H17N5O2/c1-20-11-5-2-4-10(8-11)18(7-3-6-14)13(19)12-9-15-17-16-12/h2,4-5,8-9H,3,6-7,14H2,1H3,(H,15,16,17). The van der Waals surface area contributed by atoms with Crippen LogP contribution in [0.1, 0.15) is 16.9 Å². The third kappa shape index (κ3) is 3.12. The Bertz CT molecular complexity index is 556. The molecule has 7 heteroatoms. The van der Waals surface area contributed by atoms with Gasteiger partial charge in [0, 0.05) is 18.3 Å². The summed E-state index contributed by atoms with van der Waals surface area (Å²) in [4.78, 5) is 14.1. The molecule has 1 aromatic heterocycles. The first-order valence-electron chi connectivity index (χ1n) is 6.28. The van der Waals surface area contributed by atoms with Crippen LogP contribution in [0.25, 0.3) is 0 Å². The maximum atomic E-state index is 12.4. The molecule has 106 valence electrons. The summed E-state index contributed by atoms with van der Waals surface area (Å²) in [6, 6.07) is 7.30. The van der Waals surface area contributed by atoms with Gasteiger partial charge in [-0.15, -0.1) is 0 Å². The molecule has 7 nitrogen and oxygen atoms in total. The molecule has 20 heavy (non-hydrogen) atoms. The van der Waals surface area contributed by atoms with E-state index in [1.54, 1.807) is 18.1 Å². The summed E-state index contributed by atoms with van der Waals surface area (Å²) in [6.45, 7) is 1.02. The number of benzene rings is 1. The predicted octanol–water partition coefficient (Wildman–Crippen LogP) is 0.809. The van der Waals surface area contributed by atoms with Gasteiger partial charge in [-0.3, -0.25) is 4.79 Å². The second kappa shape index (κ2) is 6.67. The number of aromatic nitrogens is 3. The van der Waals surface area contributed by atoms with E-state index in [0.717, 1.165) is 5.69 Å². The van der Waals surface area contributed by atoms with Crippen LogP contribution in [-0.2, 0) is 0 Å². The van der Waals surface area contributed by atoms with E-state index in [0.29, 0.717) is 25.3 Å². The van der Waals surface area contributed by atoms with E-state index in [1.165, 1.54) is 6.20 Å². The van der Waals surface area contributed by atoms with Gasteiger partial charge in [0.25, 0.3) is 5.91 Å². The fourth-order valence-corrected chi connectivity index (χ4v) is 1.82. The van der Waals surface area contributed by atoms with Gasteiger partial charge in [-0.2, -0.15) is 15.4 Å². The number of H-pyrrole nitrogens is 1. The molecule has 0 aliphatic heterocycles. The van der Waals surface area contributed by atoms with E-state index in [4.69, 9.17) is 10.5 Å². The Morgan fingerprint density at radius 1 is 1.50 bits per heavy atom. The van der Waals surface area contributed by atoms with E-state index in [9.17, 15) is 4.79 Å². The molecule has 2 rings (SSSR count). The molecule has 3 N–H and O–H groups in total. The molecule has 0 aliphatic rings. The molecule has 0 aliphatic carbocycles. The number of nitrogens with one attached hydrogen (secondary N) is 1. The fourth-order valence-electron chi connectivity index (χ4n) is 1.82. The molecule has 1 heterocycles. The van der Waals surface area contributed by atoms with Gasteiger partial charge in [-0.25, -0.2) is 0 Å².